The van der Waals surface area contributed by atoms with Crippen LogP contribution in [0.4, 0.5) is 0 Å². The van der Waals surface area contributed by atoms with Crippen molar-refractivity contribution in [3.8, 4) is 0 Å². The fraction of sp³-hybridized carbons (Fsp3) is 0.733. The fourth-order valence-electron chi connectivity index (χ4n) is 1.71. The highest BCUT2D eigenvalue weighted by atomic mass is 16.6. The van der Waals surface area contributed by atoms with Gasteiger partial charge in [-0.3, -0.25) is 0 Å². The first-order valence-corrected chi connectivity index (χ1v) is 7.00. The van der Waals surface area contributed by atoms with Gasteiger partial charge in [0.15, 0.2) is 6.10 Å². The van der Waals surface area contributed by atoms with Crippen LogP contribution >= 0.6 is 0 Å². The first-order valence-electron chi connectivity index (χ1n) is 7.00. The Balaban J connectivity index is 4.08. The molecule has 0 aliphatic rings. The molecule has 0 fully saturated rings. The Labute approximate surface area is 116 Å². The topological polar surface area (TPSA) is 52.6 Å². The van der Waals surface area contributed by atoms with Crippen molar-refractivity contribution in [2.45, 2.75) is 59.0 Å². The molecule has 110 valence electrons. The number of carbonyl (C=O) groups excluding carboxylic acids is 2. The number of esters is 2. The van der Waals surface area contributed by atoms with Gasteiger partial charge in [0.1, 0.15) is 0 Å². The van der Waals surface area contributed by atoms with E-state index in [1.54, 1.807) is 6.92 Å². The van der Waals surface area contributed by atoms with Crippen molar-refractivity contribution in [1.29, 1.82) is 0 Å². The molecule has 0 aliphatic heterocycles. The maximum atomic E-state index is 11.6. The standard InChI is InChI=1S/C15H26O4/c1-5-14(16)19-13(15(17)18-6-2)11-9-7-8-10-12(3)4/h5,12-13H,1,6-11H2,2-4H3. The molecule has 0 aromatic heterocycles. The van der Waals surface area contributed by atoms with Crippen LogP contribution < -0.4 is 0 Å². The summed E-state index contributed by atoms with van der Waals surface area (Å²) in [7, 11) is 0. The third-order valence-corrected chi connectivity index (χ3v) is 2.72. The monoisotopic (exact) mass is 270 g/mol. The minimum atomic E-state index is -0.801. The van der Waals surface area contributed by atoms with Gasteiger partial charge in [0, 0.05) is 6.08 Å². The first kappa shape index (κ1) is 17.7. The average Bonchev–Trinajstić information content (AvgIpc) is 2.36. The van der Waals surface area contributed by atoms with Crippen molar-refractivity contribution in [3.05, 3.63) is 12.7 Å². The largest absolute Gasteiger partial charge is 0.463 e. The summed E-state index contributed by atoms with van der Waals surface area (Å²) in [6.45, 7) is 9.71. The van der Waals surface area contributed by atoms with Gasteiger partial charge in [0.05, 0.1) is 6.61 Å². The minimum Gasteiger partial charge on any atom is -0.463 e. The van der Waals surface area contributed by atoms with Crippen molar-refractivity contribution < 1.29 is 19.1 Å². The summed E-state index contributed by atoms with van der Waals surface area (Å²) in [6, 6.07) is 0. The summed E-state index contributed by atoms with van der Waals surface area (Å²) in [5.74, 6) is -0.360. The summed E-state index contributed by atoms with van der Waals surface area (Å²) >= 11 is 0. The molecule has 1 unspecified atom stereocenters. The van der Waals surface area contributed by atoms with Gasteiger partial charge in [0.2, 0.25) is 0 Å². The number of hydrogen-bond acceptors (Lipinski definition) is 4. The molecule has 0 spiro atoms. The SMILES string of the molecule is C=CC(=O)OC(CCCCCC(C)C)C(=O)OCC. The van der Waals surface area contributed by atoms with E-state index in [4.69, 9.17) is 9.47 Å². The number of hydrogen-bond donors (Lipinski definition) is 0. The lowest BCUT2D eigenvalue weighted by atomic mass is 10.0. The van der Waals surface area contributed by atoms with E-state index in [2.05, 4.69) is 20.4 Å². The quantitative estimate of drug-likeness (QED) is 0.347. The van der Waals surface area contributed by atoms with Gasteiger partial charge in [-0.2, -0.15) is 0 Å². The lowest BCUT2D eigenvalue weighted by Crippen LogP contribution is -2.28. The zero-order chi connectivity index (χ0) is 14.7. The average molecular weight is 270 g/mol. The van der Waals surface area contributed by atoms with Crippen LogP contribution in [0.1, 0.15) is 52.9 Å². The second-order valence-electron chi connectivity index (χ2n) is 4.91. The highest BCUT2D eigenvalue weighted by Crippen LogP contribution is 2.13. The van der Waals surface area contributed by atoms with E-state index in [0.29, 0.717) is 12.3 Å². The summed E-state index contributed by atoms with van der Waals surface area (Å²) in [5.41, 5.74) is 0. The Morgan fingerprint density at radius 1 is 1.16 bits per heavy atom. The van der Waals surface area contributed by atoms with Crippen LogP contribution in [0, 0.1) is 5.92 Å². The Kier molecular flexibility index (Phi) is 9.85. The Bertz CT molecular complexity index is 284. The van der Waals surface area contributed by atoms with Crippen molar-refractivity contribution in [2.75, 3.05) is 6.61 Å². The molecule has 0 aliphatic carbocycles. The van der Waals surface area contributed by atoms with E-state index in [0.717, 1.165) is 25.3 Å². The van der Waals surface area contributed by atoms with E-state index in [1.807, 2.05) is 0 Å². The normalized spacial score (nSPS) is 12.0. The molecule has 0 saturated carbocycles. The molecule has 0 saturated heterocycles. The van der Waals surface area contributed by atoms with Crippen LogP contribution in [0.5, 0.6) is 0 Å². The number of unbranched alkanes of at least 4 members (excludes halogenated alkanes) is 2. The predicted octanol–water partition coefficient (Wildman–Crippen LogP) is 3.25. The van der Waals surface area contributed by atoms with Gasteiger partial charge in [-0.25, -0.2) is 9.59 Å². The van der Waals surface area contributed by atoms with E-state index < -0.39 is 18.0 Å². The molecule has 0 heterocycles. The van der Waals surface area contributed by atoms with Gasteiger partial charge < -0.3 is 9.47 Å². The van der Waals surface area contributed by atoms with Gasteiger partial charge in [-0.15, -0.1) is 0 Å². The summed E-state index contributed by atoms with van der Waals surface area (Å²) < 4.78 is 9.90. The zero-order valence-corrected chi connectivity index (χ0v) is 12.3. The Hall–Kier alpha value is -1.32. The van der Waals surface area contributed by atoms with Gasteiger partial charge in [-0.05, 0) is 25.7 Å². The highest BCUT2D eigenvalue weighted by molar-refractivity contribution is 5.85. The molecule has 19 heavy (non-hydrogen) atoms. The van der Waals surface area contributed by atoms with Crippen LogP contribution in [-0.4, -0.2) is 24.6 Å². The van der Waals surface area contributed by atoms with Crippen LogP contribution in [0.15, 0.2) is 12.7 Å². The number of rotatable bonds is 10. The van der Waals surface area contributed by atoms with E-state index in [9.17, 15) is 9.59 Å². The van der Waals surface area contributed by atoms with Crippen molar-refractivity contribution >= 4 is 11.9 Å². The molecule has 4 heteroatoms. The van der Waals surface area contributed by atoms with Crippen molar-refractivity contribution in [3.63, 3.8) is 0 Å². The van der Waals surface area contributed by atoms with E-state index in [1.165, 1.54) is 6.42 Å². The third-order valence-electron chi connectivity index (χ3n) is 2.72. The van der Waals surface area contributed by atoms with Gasteiger partial charge in [-0.1, -0.05) is 39.7 Å². The Morgan fingerprint density at radius 3 is 2.32 bits per heavy atom. The second kappa shape index (κ2) is 10.6. The van der Waals surface area contributed by atoms with E-state index in [-0.39, 0.29) is 6.61 Å². The molecule has 0 radical (unpaired) electrons. The van der Waals surface area contributed by atoms with Gasteiger partial charge >= 0.3 is 11.9 Å². The molecule has 0 bridgehead atoms. The molecule has 0 aromatic rings. The van der Waals surface area contributed by atoms with Crippen LogP contribution in [0.25, 0.3) is 0 Å². The molecular weight excluding hydrogens is 244 g/mol. The van der Waals surface area contributed by atoms with Crippen LogP contribution in [0.3, 0.4) is 0 Å². The summed E-state index contributed by atoms with van der Waals surface area (Å²) in [6.07, 6.45) is 4.95. The summed E-state index contributed by atoms with van der Waals surface area (Å²) in [5, 5.41) is 0. The van der Waals surface area contributed by atoms with Crippen molar-refractivity contribution in [2.24, 2.45) is 5.92 Å². The molecule has 0 aromatic carbocycles. The fourth-order valence-corrected chi connectivity index (χ4v) is 1.71. The number of carbonyl (C=O) groups is 2. The minimum absolute atomic E-state index is 0.286. The van der Waals surface area contributed by atoms with Crippen molar-refractivity contribution in [1.82, 2.24) is 0 Å². The van der Waals surface area contributed by atoms with Gasteiger partial charge in [0.25, 0.3) is 0 Å². The molecule has 0 N–H and O–H groups in total. The summed E-state index contributed by atoms with van der Waals surface area (Å²) in [4.78, 5) is 22.8. The highest BCUT2D eigenvalue weighted by Gasteiger charge is 2.22. The third kappa shape index (κ3) is 9.28. The predicted molar refractivity (Wildman–Crippen MR) is 74.6 cm³/mol. The van der Waals surface area contributed by atoms with E-state index >= 15 is 0 Å². The number of ether oxygens (including phenoxy) is 2. The molecule has 1 atom stereocenters. The molecular formula is C15H26O4. The van der Waals surface area contributed by atoms with Crippen LogP contribution in [-0.2, 0) is 19.1 Å². The smallest absolute Gasteiger partial charge is 0.347 e. The molecule has 4 nitrogen and oxygen atoms in total. The lowest BCUT2D eigenvalue weighted by Gasteiger charge is -2.15. The maximum absolute atomic E-state index is 11.6. The lowest BCUT2D eigenvalue weighted by molar-refractivity contribution is -0.165. The first-order chi connectivity index (χ1) is 9.01. The second-order valence-corrected chi connectivity index (χ2v) is 4.91. The van der Waals surface area contributed by atoms with Crippen LogP contribution in [0.2, 0.25) is 0 Å². The zero-order valence-electron chi connectivity index (χ0n) is 12.3. The molecule has 0 amide bonds. The molecule has 0 rings (SSSR count). The maximum Gasteiger partial charge on any atom is 0.347 e. The Morgan fingerprint density at radius 2 is 1.79 bits per heavy atom.